The number of carbonyl (C=O) groups is 3. The minimum Gasteiger partial charge on any atom is -0.460 e. The van der Waals surface area contributed by atoms with Crippen molar-refractivity contribution in [3.05, 3.63) is 71.8 Å². The number of esters is 1. The average Bonchev–Trinajstić information content (AvgIpc) is 2.61. The van der Waals surface area contributed by atoms with Gasteiger partial charge in [-0.05, 0) is 11.1 Å². The Morgan fingerprint density at radius 3 is 2.08 bits per heavy atom. The minimum absolute atomic E-state index is 0.0492. The van der Waals surface area contributed by atoms with E-state index in [2.05, 4.69) is 0 Å². The van der Waals surface area contributed by atoms with Crippen LogP contribution in [0.15, 0.2) is 60.7 Å². The third-order valence-corrected chi connectivity index (χ3v) is 3.42. The van der Waals surface area contributed by atoms with E-state index in [0.717, 1.165) is 10.6 Å². The van der Waals surface area contributed by atoms with Gasteiger partial charge < -0.3 is 9.57 Å². The molecule has 1 atom stereocenters. The van der Waals surface area contributed by atoms with Gasteiger partial charge in [-0.2, -0.15) is 5.06 Å². The molecule has 0 N–H and O–H groups in total. The molecule has 2 aromatic rings. The standard InChI is InChI=1S/C19H19NO5/c1-14(21)25-20(2)18(22)17(16-11-7-4-8-12-16)19(23)24-13-15-9-5-3-6-10-15/h3-12,17H,13H2,1-2H3. The highest BCUT2D eigenvalue weighted by Gasteiger charge is 2.33. The van der Waals surface area contributed by atoms with Crippen molar-refractivity contribution in [3.63, 3.8) is 0 Å². The summed E-state index contributed by atoms with van der Waals surface area (Å²) in [5.41, 5.74) is 1.27. The Labute approximate surface area is 145 Å². The van der Waals surface area contributed by atoms with Crippen LogP contribution in [0.2, 0.25) is 0 Å². The number of nitrogens with zero attached hydrogens (tertiary/aromatic N) is 1. The summed E-state index contributed by atoms with van der Waals surface area (Å²) in [5.74, 6) is -3.26. The van der Waals surface area contributed by atoms with Crippen LogP contribution in [0.3, 0.4) is 0 Å². The van der Waals surface area contributed by atoms with Crippen molar-refractivity contribution < 1.29 is 24.0 Å². The van der Waals surface area contributed by atoms with Gasteiger partial charge in [-0.15, -0.1) is 0 Å². The molecule has 0 bridgehead atoms. The van der Waals surface area contributed by atoms with E-state index in [-0.39, 0.29) is 6.61 Å². The smallest absolute Gasteiger partial charge is 0.329 e. The van der Waals surface area contributed by atoms with E-state index in [1.807, 2.05) is 30.3 Å². The lowest BCUT2D eigenvalue weighted by Gasteiger charge is -2.21. The minimum atomic E-state index is -1.21. The molecule has 6 heteroatoms. The van der Waals surface area contributed by atoms with Gasteiger partial charge in [-0.25, -0.2) is 0 Å². The molecule has 0 aromatic heterocycles. The van der Waals surface area contributed by atoms with E-state index in [9.17, 15) is 14.4 Å². The normalized spacial score (nSPS) is 11.3. The van der Waals surface area contributed by atoms with Gasteiger partial charge in [0.15, 0.2) is 5.92 Å². The fraction of sp³-hybridized carbons (Fsp3) is 0.211. The number of amides is 1. The van der Waals surface area contributed by atoms with Gasteiger partial charge in [0.05, 0.1) is 0 Å². The molecule has 1 amide bonds. The molecule has 6 nitrogen and oxygen atoms in total. The lowest BCUT2D eigenvalue weighted by molar-refractivity contribution is -0.193. The lowest BCUT2D eigenvalue weighted by atomic mass is 9.98. The molecule has 0 saturated carbocycles. The Kier molecular flexibility index (Phi) is 6.28. The topological polar surface area (TPSA) is 72.9 Å². The van der Waals surface area contributed by atoms with E-state index in [1.165, 1.54) is 14.0 Å². The van der Waals surface area contributed by atoms with Gasteiger partial charge in [0.2, 0.25) is 0 Å². The van der Waals surface area contributed by atoms with Crippen molar-refractivity contribution >= 4 is 17.8 Å². The number of hydrogen-bond donors (Lipinski definition) is 0. The maximum Gasteiger partial charge on any atom is 0.329 e. The average molecular weight is 341 g/mol. The Morgan fingerprint density at radius 2 is 1.52 bits per heavy atom. The fourth-order valence-electron chi connectivity index (χ4n) is 2.26. The molecule has 0 fully saturated rings. The van der Waals surface area contributed by atoms with Crippen LogP contribution in [0.25, 0.3) is 0 Å². The molecule has 1 unspecified atom stereocenters. The van der Waals surface area contributed by atoms with Gasteiger partial charge in [0.1, 0.15) is 6.61 Å². The molecule has 0 saturated heterocycles. The van der Waals surface area contributed by atoms with Crippen LogP contribution in [0.4, 0.5) is 0 Å². The first kappa shape index (κ1) is 18.2. The molecule has 0 spiro atoms. The zero-order valence-electron chi connectivity index (χ0n) is 14.0. The monoisotopic (exact) mass is 341 g/mol. The number of hydrogen-bond acceptors (Lipinski definition) is 5. The predicted molar refractivity (Wildman–Crippen MR) is 90.0 cm³/mol. The molecular weight excluding hydrogens is 322 g/mol. The van der Waals surface area contributed by atoms with Crippen molar-refractivity contribution in [1.29, 1.82) is 0 Å². The van der Waals surface area contributed by atoms with Crippen LogP contribution in [-0.4, -0.2) is 30.0 Å². The van der Waals surface area contributed by atoms with Gasteiger partial charge in [0.25, 0.3) is 5.91 Å². The van der Waals surface area contributed by atoms with Crippen molar-refractivity contribution in [2.24, 2.45) is 0 Å². The van der Waals surface area contributed by atoms with Crippen LogP contribution in [-0.2, 0) is 30.6 Å². The van der Waals surface area contributed by atoms with Gasteiger partial charge in [-0.3, -0.25) is 14.4 Å². The van der Waals surface area contributed by atoms with Crippen LogP contribution >= 0.6 is 0 Å². The van der Waals surface area contributed by atoms with Crippen molar-refractivity contribution in [2.45, 2.75) is 19.4 Å². The molecule has 2 aromatic carbocycles. The predicted octanol–water partition coefficient (Wildman–Crippen LogP) is 2.45. The van der Waals surface area contributed by atoms with Gasteiger partial charge in [0, 0.05) is 14.0 Å². The first-order valence-electron chi connectivity index (χ1n) is 7.70. The van der Waals surface area contributed by atoms with Crippen molar-refractivity contribution in [3.8, 4) is 0 Å². The van der Waals surface area contributed by atoms with Crippen LogP contribution < -0.4 is 0 Å². The van der Waals surface area contributed by atoms with E-state index in [0.29, 0.717) is 5.56 Å². The summed E-state index contributed by atoms with van der Waals surface area (Å²) in [7, 11) is 1.28. The molecule has 0 heterocycles. The van der Waals surface area contributed by atoms with E-state index in [1.54, 1.807) is 30.3 Å². The summed E-state index contributed by atoms with van der Waals surface area (Å²) in [6.45, 7) is 1.22. The second kappa shape index (κ2) is 8.63. The number of ether oxygens (including phenoxy) is 1. The van der Waals surface area contributed by atoms with Crippen LogP contribution in [0.5, 0.6) is 0 Å². The zero-order valence-corrected chi connectivity index (χ0v) is 14.0. The zero-order chi connectivity index (χ0) is 18.2. The second-order valence-corrected chi connectivity index (χ2v) is 5.36. The summed E-state index contributed by atoms with van der Waals surface area (Å²) in [6.07, 6.45) is 0. The molecule has 2 rings (SSSR count). The van der Waals surface area contributed by atoms with E-state index >= 15 is 0 Å². The van der Waals surface area contributed by atoms with Crippen molar-refractivity contribution in [2.75, 3.05) is 7.05 Å². The first-order valence-corrected chi connectivity index (χ1v) is 7.70. The molecule has 130 valence electrons. The summed E-state index contributed by atoms with van der Waals surface area (Å²) in [5, 5.41) is 0.754. The Morgan fingerprint density at radius 1 is 0.960 bits per heavy atom. The van der Waals surface area contributed by atoms with E-state index in [4.69, 9.17) is 9.57 Å². The second-order valence-electron chi connectivity index (χ2n) is 5.36. The summed E-state index contributed by atoms with van der Waals surface area (Å²) in [6, 6.07) is 17.6. The Balaban J connectivity index is 2.17. The molecule has 0 aliphatic carbocycles. The molecule has 0 aliphatic heterocycles. The molecule has 0 aliphatic rings. The number of benzene rings is 2. The highest BCUT2D eigenvalue weighted by atomic mass is 16.7. The van der Waals surface area contributed by atoms with Gasteiger partial charge >= 0.3 is 11.9 Å². The molecule has 25 heavy (non-hydrogen) atoms. The van der Waals surface area contributed by atoms with Crippen LogP contribution in [0, 0.1) is 0 Å². The number of carbonyl (C=O) groups excluding carboxylic acids is 3. The maximum absolute atomic E-state index is 12.6. The lowest BCUT2D eigenvalue weighted by Crippen LogP contribution is -2.37. The van der Waals surface area contributed by atoms with Crippen molar-refractivity contribution in [1.82, 2.24) is 5.06 Å². The molecular formula is C19H19NO5. The Hall–Kier alpha value is -3.15. The molecule has 0 radical (unpaired) electrons. The maximum atomic E-state index is 12.6. The highest BCUT2D eigenvalue weighted by Crippen LogP contribution is 2.21. The number of likely N-dealkylation sites (N-methyl/N-ethyl adjacent to an activating group) is 1. The van der Waals surface area contributed by atoms with E-state index < -0.39 is 23.8 Å². The summed E-state index contributed by atoms with van der Waals surface area (Å²) >= 11 is 0. The third-order valence-electron chi connectivity index (χ3n) is 3.42. The largest absolute Gasteiger partial charge is 0.460 e. The first-order chi connectivity index (χ1) is 12.0. The highest BCUT2D eigenvalue weighted by molar-refractivity contribution is 6.03. The fourth-order valence-corrected chi connectivity index (χ4v) is 2.26. The number of hydroxylamine groups is 2. The Bertz CT molecular complexity index is 730. The third kappa shape index (κ3) is 5.17. The summed E-state index contributed by atoms with van der Waals surface area (Å²) in [4.78, 5) is 40.9. The SMILES string of the molecule is CC(=O)ON(C)C(=O)C(C(=O)OCc1ccccc1)c1ccccc1. The van der Waals surface area contributed by atoms with Crippen LogP contribution in [0.1, 0.15) is 24.0 Å². The quantitative estimate of drug-likeness (QED) is 0.474. The summed E-state index contributed by atoms with van der Waals surface area (Å²) < 4.78 is 5.29. The van der Waals surface area contributed by atoms with Gasteiger partial charge in [-0.1, -0.05) is 60.7 Å². The number of rotatable bonds is 5.